The number of hydrogen-bond acceptors (Lipinski definition) is 3. The van der Waals surface area contributed by atoms with Crippen LogP contribution in [0.25, 0.3) is 0 Å². The van der Waals surface area contributed by atoms with Crippen LogP contribution in [0.3, 0.4) is 0 Å². The van der Waals surface area contributed by atoms with E-state index in [2.05, 4.69) is 0 Å². The van der Waals surface area contributed by atoms with Gasteiger partial charge in [-0.25, -0.2) is 0 Å². The van der Waals surface area contributed by atoms with Crippen LogP contribution in [0.15, 0.2) is 18.2 Å². The highest BCUT2D eigenvalue weighted by Gasteiger charge is 2.08. The van der Waals surface area contributed by atoms with E-state index in [1.54, 1.807) is 19.1 Å². The highest BCUT2D eigenvalue weighted by Crippen LogP contribution is 2.18. The van der Waals surface area contributed by atoms with Gasteiger partial charge in [-0.05, 0) is 18.6 Å². The zero-order valence-electron chi connectivity index (χ0n) is 6.78. The monoisotopic (exact) mass is 166 g/mol. The predicted molar refractivity (Wildman–Crippen MR) is 45.7 cm³/mol. The first-order chi connectivity index (χ1) is 5.65. The lowest BCUT2D eigenvalue weighted by Crippen LogP contribution is -1.98. The van der Waals surface area contributed by atoms with Gasteiger partial charge in [0.2, 0.25) is 0 Å². The van der Waals surface area contributed by atoms with Crippen LogP contribution in [-0.2, 0) is 6.54 Å². The molecule has 0 spiro atoms. The fraction of sp³-hybridized carbons (Fsp3) is 0.250. The third-order valence-corrected chi connectivity index (χ3v) is 1.69. The third kappa shape index (κ3) is 1.60. The molecule has 64 valence electrons. The Morgan fingerprint density at radius 1 is 1.58 bits per heavy atom. The van der Waals surface area contributed by atoms with E-state index in [-0.39, 0.29) is 5.69 Å². The van der Waals surface area contributed by atoms with Gasteiger partial charge in [-0.3, -0.25) is 10.1 Å². The van der Waals surface area contributed by atoms with Crippen molar-refractivity contribution in [2.24, 2.45) is 5.73 Å². The number of nitrogens with zero attached hydrogens (tertiary/aromatic N) is 1. The Balaban J connectivity index is 3.12. The normalized spacial score (nSPS) is 9.83. The van der Waals surface area contributed by atoms with E-state index in [4.69, 9.17) is 5.73 Å². The topological polar surface area (TPSA) is 69.2 Å². The van der Waals surface area contributed by atoms with E-state index in [1.165, 1.54) is 6.07 Å². The molecule has 0 radical (unpaired) electrons. The minimum Gasteiger partial charge on any atom is -0.326 e. The van der Waals surface area contributed by atoms with E-state index in [0.29, 0.717) is 12.1 Å². The number of aryl methyl sites for hydroxylation is 1. The summed E-state index contributed by atoms with van der Waals surface area (Å²) in [6.07, 6.45) is 0. The molecule has 12 heavy (non-hydrogen) atoms. The second-order valence-electron chi connectivity index (χ2n) is 2.58. The van der Waals surface area contributed by atoms with Crippen LogP contribution in [0.2, 0.25) is 0 Å². The van der Waals surface area contributed by atoms with Crippen LogP contribution < -0.4 is 5.73 Å². The van der Waals surface area contributed by atoms with Crippen molar-refractivity contribution in [3.63, 3.8) is 0 Å². The molecule has 0 heterocycles. The van der Waals surface area contributed by atoms with Crippen LogP contribution in [0, 0.1) is 17.0 Å². The van der Waals surface area contributed by atoms with Gasteiger partial charge in [-0.1, -0.05) is 6.07 Å². The molecule has 0 aromatic heterocycles. The molecule has 0 saturated carbocycles. The molecular formula is C8H10N2O2. The molecule has 0 bridgehead atoms. The SMILES string of the molecule is Cc1cc(CN)ccc1[N+](=O)[O-]. The van der Waals surface area contributed by atoms with Crippen molar-refractivity contribution in [2.75, 3.05) is 0 Å². The van der Waals surface area contributed by atoms with Crippen molar-refractivity contribution in [1.82, 2.24) is 0 Å². The smallest absolute Gasteiger partial charge is 0.272 e. The maximum absolute atomic E-state index is 10.4. The van der Waals surface area contributed by atoms with Gasteiger partial charge in [0.25, 0.3) is 5.69 Å². The standard InChI is InChI=1S/C8H10N2O2/c1-6-4-7(5-9)2-3-8(6)10(11)12/h2-4H,5,9H2,1H3. The van der Waals surface area contributed by atoms with E-state index < -0.39 is 4.92 Å². The summed E-state index contributed by atoms with van der Waals surface area (Å²) in [7, 11) is 0. The summed E-state index contributed by atoms with van der Waals surface area (Å²) in [4.78, 5) is 10.0. The first-order valence-corrected chi connectivity index (χ1v) is 3.59. The predicted octanol–water partition coefficient (Wildman–Crippen LogP) is 1.36. The van der Waals surface area contributed by atoms with Gasteiger partial charge >= 0.3 is 0 Å². The van der Waals surface area contributed by atoms with Crippen LogP contribution in [0.1, 0.15) is 11.1 Å². The number of hydrogen-bond donors (Lipinski definition) is 1. The molecule has 1 aromatic rings. The zero-order chi connectivity index (χ0) is 9.14. The summed E-state index contributed by atoms with van der Waals surface area (Å²) in [6.45, 7) is 2.12. The van der Waals surface area contributed by atoms with Gasteiger partial charge in [0, 0.05) is 18.2 Å². The molecule has 2 N–H and O–H groups in total. The fourth-order valence-corrected chi connectivity index (χ4v) is 1.05. The number of nitro groups is 1. The molecule has 0 amide bonds. The molecule has 1 aromatic carbocycles. The summed E-state index contributed by atoms with van der Waals surface area (Å²) in [5, 5.41) is 10.4. The number of benzene rings is 1. The maximum Gasteiger partial charge on any atom is 0.272 e. The third-order valence-electron chi connectivity index (χ3n) is 1.69. The van der Waals surface area contributed by atoms with Crippen molar-refractivity contribution >= 4 is 5.69 Å². The minimum atomic E-state index is -0.393. The Morgan fingerprint density at radius 2 is 2.25 bits per heavy atom. The molecule has 0 fully saturated rings. The minimum absolute atomic E-state index is 0.146. The molecule has 0 unspecified atom stereocenters. The Morgan fingerprint density at radius 3 is 2.67 bits per heavy atom. The molecule has 0 aliphatic heterocycles. The van der Waals surface area contributed by atoms with Gasteiger partial charge in [0.15, 0.2) is 0 Å². The maximum atomic E-state index is 10.4. The lowest BCUT2D eigenvalue weighted by Gasteiger charge is -1.99. The summed E-state index contributed by atoms with van der Waals surface area (Å²) in [5.74, 6) is 0. The van der Waals surface area contributed by atoms with Crippen molar-refractivity contribution < 1.29 is 4.92 Å². The molecular weight excluding hydrogens is 156 g/mol. The van der Waals surface area contributed by atoms with E-state index in [0.717, 1.165) is 5.56 Å². The van der Waals surface area contributed by atoms with Gasteiger partial charge in [-0.2, -0.15) is 0 Å². The van der Waals surface area contributed by atoms with Crippen LogP contribution in [0.5, 0.6) is 0 Å². The van der Waals surface area contributed by atoms with Gasteiger partial charge in [0.1, 0.15) is 0 Å². The van der Waals surface area contributed by atoms with E-state index >= 15 is 0 Å². The summed E-state index contributed by atoms with van der Waals surface area (Å²) >= 11 is 0. The fourth-order valence-electron chi connectivity index (χ4n) is 1.05. The summed E-state index contributed by atoms with van der Waals surface area (Å²) in [6, 6.07) is 4.89. The molecule has 0 atom stereocenters. The Labute approximate surface area is 70.2 Å². The van der Waals surface area contributed by atoms with Gasteiger partial charge in [0.05, 0.1) is 4.92 Å². The first-order valence-electron chi connectivity index (χ1n) is 3.59. The largest absolute Gasteiger partial charge is 0.326 e. The average Bonchev–Trinajstić information content (AvgIpc) is 2.03. The Hall–Kier alpha value is -1.42. The Kier molecular flexibility index (Phi) is 2.40. The van der Waals surface area contributed by atoms with Crippen LogP contribution in [-0.4, -0.2) is 4.92 Å². The lowest BCUT2D eigenvalue weighted by molar-refractivity contribution is -0.385. The second-order valence-corrected chi connectivity index (χ2v) is 2.58. The van der Waals surface area contributed by atoms with Gasteiger partial charge < -0.3 is 5.73 Å². The number of nitro benzene ring substituents is 1. The summed E-state index contributed by atoms with van der Waals surface area (Å²) < 4.78 is 0. The van der Waals surface area contributed by atoms with E-state index in [1.807, 2.05) is 0 Å². The number of nitrogens with two attached hydrogens (primary N) is 1. The van der Waals surface area contributed by atoms with Crippen molar-refractivity contribution in [3.05, 3.63) is 39.4 Å². The average molecular weight is 166 g/mol. The highest BCUT2D eigenvalue weighted by atomic mass is 16.6. The van der Waals surface area contributed by atoms with Crippen molar-refractivity contribution in [2.45, 2.75) is 13.5 Å². The van der Waals surface area contributed by atoms with Crippen molar-refractivity contribution in [1.29, 1.82) is 0 Å². The highest BCUT2D eigenvalue weighted by molar-refractivity contribution is 5.41. The lowest BCUT2D eigenvalue weighted by atomic mass is 10.1. The van der Waals surface area contributed by atoms with Crippen molar-refractivity contribution in [3.8, 4) is 0 Å². The molecule has 4 heteroatoms. The zero-order valence-corrected chi connectivity index (χ0v) is 6.78. The molecule has 0 aliphatic carbocycles. The van der Waals surface area contributed by atoms with Gasteiger partial charge in [-0.15, -0.1) is 0 Å². The summed E-state index contributed by atoms with van der Waals surface area (Å²) in [5.41, 5.74) is 7.09. The molecule has 4 nitrogen and oxygen atoms in total. The van der Waals surface area contributed by atoms with Crippen LogP contribution in [0.4, 0.5) is 5.69 Å². The second kappa shape index (κ2) is 3.32. The quantitative estimate of drug-likeness (QED) is 0.532. The first kappa shape index (κ1) is 8.67. The number of rotatable bonds is 2. The molecule has 1 rings (SSSR count). The van der Waals surface area contributed by atoms with E-state index in [9.17, 15) is 10.1 Å². The molecule has 0 aliphatic rings. The van der Waals surface area contributed by atoms with Crippen LogP contribution >= 0.6 is 0 Å². The Bertz CT molecular complexity index is 310. The molecule has 0 saturated heterocycles.